The quantitative estimate of drug-likeness (QED) is 0.679. The highest BCUT2D eigenvalue weighted by molar-refractivity contribution is 5.85. The molecule has 0 bridgehead atoms. The summed E-state index contributed by atoms with van der Waals surface area (Å²) in [4.78, 5) is 0. The van der Waals surface area contributed by atoms with Crippen molar-refractivity contribution in [2.45, 2.75) is 31.7 Å². The molecule has 4 heteroatoms. The Labute approximate surface area is 77.3 Å². The van der Waals surface area contributed by atoms with Gasteiger partial charge in [-0.1, -0.05) is 6.92 Å². The lowest BCUT2D eigenvalue weighted by molar-refractivity contribution is 0.0808. The summed E-state index contributed by atoms with van der Waals surface area (Å²) < 4.78 is 25.6. The highest BCUT2D eigenvalue weighted by Gasteiger charge is 2.68. The molecule has 2 fully saturated rings. The summed E-state index contributed by atoms with van der Waals surface area (Å²) in [6.45, 7) is 2.56. The highest BCUT2D eigenvalue weighted by Crippen LogP contribution is 2.57. The third-order valence-corrected chi connectivity index (χ3v) is 3.01. The second-order valence-corrected chi connectivity index (χ2v) is 3.69. The van der Waals surface area contributed by atoms with Crippen molar-refractivity contribution in [2.24, 2.45) is 11.8 Å². The zero-order chi connectivity index (χ0) is 8.06. The van der Waals surface area contributed by atoms with E-state index in [1.54, 1.807) is 6.92 Å². The van der Waals surface area contributed by atoms with Crippen LogP contribution in [0.1, 0.15) is 19.8 Å². The van der Waals surface area contributed by atoms with Crippen LogP contribution >= 0.6 is 12.4 Å². The van der Waals surface area contributed by atoms with Crippen molar-refractivity contribution in [1.29, 1.82) is 0 Å². The molecular weight excluding hydrogens is 184 g/mol. The Balaban J connectivity index is 0.000000720. The number of hydrogen-bond donors (Lipinski definition) is 1. The maximum atomic E-state index is 12.8. The van der Waals surface area contributed by atoms with Crippen molar-refractivity contribution >= 4 is 12.4 Å². The van der Waals surface area contributed by atoms with Crippen LogP contribution in [0.3, 0.4) is 0 Å². The first-order chi connectivity index (χ1) is 5.14. The zero-order valence-corrected chi connectivity index (χ0v) is 7.83. The van der Waals surface area contributed by atoms with E-state index in [4.69, 9.17) is 0 Å². The average molecular weight is 198 g/mol. The van der Waals surface area contributed by atoms with E-state index in [1.807, 2.05) is 0 Å². The molecule has 3 unspecified atom stereocenters. The lowest BCUT2D eigenvalue weighted by atomic mass is 10.1. The van der Waals surface area contributed by atoms with Crippen LogP contribution in [0.4, 0.5) is 8.78 Å². The molecule has 1 saturated carbocycles. The van der Waals surface area contributed by atoms with Crippen molar-refractivity contribution in [3.63, 3.8) is 0 Å². The summed E-state index contributed by atoms with van der Waals surface area (Å²) in [6, 6.07) is 0.0972. The van der Waals surface area contributed by atoms with Gasteiger partial charge in [0.2, 0.25) is 0 Å². The Morgan fingerprint density at radius 1 is 1.42 bits per heavy atom. The van der Waals surface area contributed by atoms with Gasteiger partial charge in [-0.2, -0.15) is 0 Å². The van der Waals surface area contributed by atoms with Crippen LogP contribution in [0.5, 0.6) is 0 Å². The Morgan fingerprint density at radius 3 is 2.33 bits per heavy atom. The predicted octanol–water partition coefficient (Wildman–Crippen LogP) is 2.06. The maximum absolute atomic E-state index is 12.8. The van der Waals surface area contributed by atoms with Gasteiger partial charge >= 0.3 is 0 Å². The fourth-order valence-corrected chi connectivity index (χ4v) is 2.14. The smallest absolute Gasteiger partial charge is 0.255 e. The van der Waals surface area contributed by atoms with E-state index in [-0.39, 0.29) is 24.4 Å². The molecule has 3 atom stereocenters. The molecule has 2 rings (SSSR count). The molecule has 0 aromatic carbocycles. The summed E-state index contributed by atoms with van der Waals surface area (Å²) in [5, 5.41) is 3.12. The van der Waals surface area contributed by atoms with Crippen LogP contribution in [0, 0.1) is 11.8 Å². The molecular formula is C8H14ClF2N. The first-order valence-electron chi connectivity index (χ1n) is 4.25. The topological polar surface area (TPSA) is 12.0 Å². The van der Waals surface area contributed by atoms with Gasteiger partial charge in [0.1, 0.15) is 0 Å². The Morgan fingerprint density at radius 2 is 2.00 bits per heavy atom. The van der Waals surface area contributed by atoms with E-state index >= 15 is 0 Å². The molecule has 1 aliphatic heterocycles. The number of nitrogens with one attached hydrogen (secondary N) is 1. The molecule has 1 aliphatic carbocycles. The third-order valence-electron chi connectivity index (χ3n) is 3.01. The standard InChI is InChI=1S/C8H13F2N.ClH/c1-5-7(8(5,9)10)6-3-2-4-11-6;/h5-7,11H,2-4H2,1H3;1H. The van der Waals surface area contributed by atoms with Crippen molar-refractivity contribution in [2.75, 3.05) is 6.54 Å². The van der Waals surface area contributed by atoms with Gasteiger partial charge < -0.3 is 5.32 Å². The molecule has 0 aromatic rings. The van der Waals surface area contributed by atoms with E-state index in [2.05, 4.69) is 5.32 Å². The molecule has 0 amide bonds. The van der Waals surface area contributed by atoms with Gasteiger partial charge in [0.05, 0.1) is 0 Å². The van der Waals surface area contributed by atoms with Gasteiger partial charge in [-0.05, 0) is 19.4 Å². The van der Waals surface area contributed by atoms with E-state index < -0.39 is 11.8 Å². The van der Waals surface area contributed by atoms with Crippen molar-refractivity contribution < 1.29 is 8.78 Å². The number of alkyl halides is 2. The Bertz CT molecular complexity index is 168. The summed E-state index contributed by atoms with van der Waals surface area (Å²) in [6.07, 6.45) is 1.99. The molecule has 1 nitrogen and oxygen atoms in total. The average Bonchev–Trinajstić information content (AvgIpc) is 2.40. The third kappa shape index (κ3) is 1.33. The fourth-order valence-electron chi connectivity index (χ4n) is 2.14. The van der Waals surface area contributed by atoms with Gasteiger partial charge in [-0.25, -0.2) is 8.78 Å². The molecule has 1 saturated heterocycles. The largest absolute Gasteiger partial charge is 0.313 e. The molecule has 0 aromatic heterocycles. The Hall–Kier alpha value is 0.110. The van der Waals surface area contributed by atoms with Crippen molar-refractivity contribution in [1.82, 2.24) is 5.32 Å². The van der Waals surface area contributed by atoms with Gasteiger partial charge in [-0.15, -0.1) is 12.4 Å². The molecule has 0 spiro atoms. The number of hydrogen-bond acceptors (Lipinski definition) is 1. The summed E-state index contributed by atoms with van der Waals surface area (Å²) in [5.74, 6) is -3.13. The van der Waals surface area contributed by atoms with Crippen LogP contribution in [0.25, 0.3) is 0 Å². The zero-order valence-electron chi connectivity index (χ0n) is 7.02. The van der Waals surface area contributed by atoms with E-state index in [1.165, 1.54) is 0 Å². The Kier molecular flexibility index (Phi) is 2.64. The van der Waals surface area contributed by atoms with Crippen LogP contribution in [-0.4, -0.2) is 18.5 Å². The molecule has 1 N–H and O–H groups in total. The van der Waals surface area contributed by atoms with Crippen molar-refractivity contribution in [3.05, 3.63) is 0 Å². The van der Waals surface area contributed by atoms with Crippen LogP contribution in [0.15, 0.2) is 0 Å². The monoisotopic (exact) mass is 197 g/mol. The number of rotatable bonds is 1. The SMILES string of the molecule is CC1C(C2CCCN2)C1(F)F.Cl. The lowest BCUT2D eigenvalue weighted by Gasteiger charge is -2.07. The summed E-state index contributed by atoms with van der Waals surface area (Å²) in [7, 11) is 0. The van der Waals surface area contributed by atoms with Crippen LogP contribution in [0.2, 0.25) is 0 Å². The molecule has 1 heterocycles. The lowest BCUT2D eigenvalue weighted by Crippen LogP contribution is -2.26. The molecule has 12 heavy (non-hydrogen) atoms. The van der Waals surface area contributed by atoms with Gasteiger partial charge in [0.25, 0.3) is 5.92 Å². The first kappa shape index (κ1) is 10.2. The molecule has 72 valence electrons. The fraction of sp³-hybridized carbons (Fsp3) is 1.00. The first-order valence-corrected chi connectivity index (χ1v) is 4.25. The normalized spacial score (nSPS) is 43.8. The second kappa shape index (κ2) is 3.11. The van der Waals surface area contributed by atoms with Crippen LogP contribution in [-0.2, 0) is 0 Å². The molecule has 2 aliphatic rings. The summed E-state index contributed by atoms with van der Waals surface area (Å²) in [5.41, 5.74) is 0. The minimum absolute atomic E-state index is 0. The van der Waals surface area contributed by atoms with Gasteiger partial charge in [0, 0.05) is 17.9 Å². The highest BCUT2D eigenvalue weighted by atomic mass is 35.5. The van der Waals surface area contributed by atoms with Crippen molar-refractivity contribution in [3.8, 4) is 0 Å². The van der Waals surface area contributed by atoms with Crippen LogP contribution < -0.4 is 5.32 Å². The minimum atomic E-state index is -2.37. The minimum Gasteiger partial charge on any atom is -0.313 e. The second-order valence-electron chi connectivity index (χ2n) is 3.69. The van der Waals surface area contributed by atoms with Gasteiger partial charge in [-0.3, -0.25) is 0 Å². The number of halogens is 3. The van der Waals surface area contributed by atoms with Gasteiger partial charge in [0.15, 0.2) is 0 Å². The van der Waals surface area contributed by atoms with E-state index in [0.29, 0.717) is 0 Å². The predicted molar refractivity (Wildman–Crippen MR) is 45.9 cm³/mol. The molecule has 0 radical (unpaired) electrons. The maximum Gasteiger partial charge on any atom is 0.255 e. The summed E-state index contributed by atoms with van der Waals surface area (Å²) >= 11 is 0. The van der Waals surface area contributed by atoms with E-state index in [0.717, 1.165) is 19.4 Å². The van der Waals surface area contributed by atoms with E-state index in [9.17, 15) is 8.78 Å².